The van der Waals surface area contributed by atoms with Gasteiger partial charge in [-0.05, 0) is 70.1 Å². The van der Waals surface area contributed by atoms with Crippen molar-refractivity contribution in [3.05, 3.63) is 66.4 Å². The molecule has 0 aromatic carbocycles. The largest absolute Gasteiger partial charge is 0.379 e. The molecule has 0 radical (unpaired) electrons. The molecule has 4 aromatic heterocycles. The molecule has 13 heteroatoms. The third-order valence-corrected chi connectivity index (χ3v) is 7.98. The molecule has 5 rings (SSSR count). The second-order valence-corrected chi connectivity index (χ2v) is 11.4. The molecule has 246 valence electrons. The molecule has 1 saturated carbocycles. The molecule has 4 aromatic rings. The summed E-state index contributed by atoms with van der Waals surface area (Å²) in [6, 6.07) is 6.71. The topological polar surface area (TPSA) is 130 Å². The smallest absolute Gasteiger partial charge is 0.317 e. The van der Waals surface area contributed by atoms with Gasteiger partial charge in [-0.15, -0.1) is 0 Å². The summed E-state index contributed by atoms with van der Waals surface area (Å²) < 4.78 is 39.6. The lowest BCUT2D eigenvalue weighted by molar-refractivity contribution is 0.0511. The number of unbranched alkanes of at least 4 members (excludes halogenated alkanes) is 2. The first-order chi connectivity index (χ1) is 22.5. The monoisotopic (exact) mass is 636 g/mol. The summed E-state index contributed by atoms with van der Waals surface area (Å²) in [6.45, 7) is 5.52. The van der Waals surface area contributed by atoms with Gasteiger partial charge >= 0.3 is 6.03 Å². The molecule has 1 aliphatic carbocycles. The van der Waals surface area contributed by atoms with E-state index >= 15 is 0 Å². The van der Waals surface area contributed by atoms with Crippen molar-refractivity contribution in [2.75, 3.05) is 38.3 Å². The summed E-state index contributed by atoms with van der Waals surface area (Å²) in [5.41, 5.74) is 1.84. The number of pyridine rings is 2. The van der Waals surface area contributed by atoms with Gasteiger partial charge in [0.25, 0.3) is 0 Å². The number of aromatic amines is 1. The van der Waals surface area contributed by atoms with Crippen LogP contribution >= 0.6 is 0 Å². The number of anilines is 1. The molecule has 0 aliphatic heterocycles. The molecular formula is C33H42F2N8O3. The maximum atomic E-state index is 14.9. The molecule has 46 heavy (non-hydrogen) atoms. The summed E-state index contributed by atoms with van der Waals surface area (Å²) in [4.78, 5) is 35.4. The van der Waals surface area contributed by atoms with Crippen LogP contribution in [0, 0.1) is 11.6 Å². The molecule has 4 heterocycles. The number of rotatable bonds is 16. The molecule has 3 N–H and O–H groups in total. The van der Waals surface area contributed by atoms with Crippen LogP contribution in [-0.2, 0) is 16.0 Å². The number of nitrogens with one attached hydrogen (secondary N) is 3. The third kappa shape index (κ3) is 9.39. The lowest BCUT2D eigenvalue weighted by Crippen LogP contribution is -2.48. The Bertz CT molecular complexity index is 1540. The highest BCUT2D eigenvalue weighted by Gasteiger charge is 2.26. The zero-order chi connectivity index (χ0) is 32.1. The van der Waals surface area contributed by atoms with E-state index in [0.29, 0.717) is 62.5 Å². The molecule has 2 atom stereocenters. The fourth-order valence-corrected chi connectivity index (χ4v) is 5.66. The number of halogens is 2. The van der Waals surface area contributed by atoms with Crippen molar-refractivity contribution in [2.24, 2.45) is 0 Å². The average molecular weight is 637 g/mol. The molecular weight excluding hydrogens is 594 g/mol. The van der Waals surface area contributed by atoms with Gasteiger partial charge in [-0.3, -0.25) is 4.98 Å². The maximum Gasteiger partial charge on any atom is 0.317 e. The summed E-state index contributed by atoms with van der Waals surface area (Å²) in [6.07, 6.45) is 11.4. The molecule has 0 unspecified atom stereocenters. The van der Waals surface area contributed by atoms with Crippen LogP contribution in [-0.4, -0.2) is 80.9 Å². The number of aromatic nitrogens is 5. The van der Waals surface area contributed by atoms with Gasteiger partial charge in [0.1, 0.15) is 11.5 Å². The number of carbonyl (C=O) groups is 1. The van der Waals surface area contributed by atoms with Crippen LogP contribution in [0.3, 0.4) is 0 Å². The summed E-state index contributed by atoms with van der Waals surface area (Å²) in [5, 5.41) is 6.96. The van der Waals surface area contributed by atoms with E-state index in [1.807, 2.05) is 30.0 Å². The normalized spacial score (nSPS) is 16.4. The van der Waals surface area contributed by atoms with Crippen molar-refractivity contribution in [1.29, 1.82) is 0 Å². The van der Waals surface area contributed by atoms with Crippen molar-refractivity contribution in [2.45, 2.75) is 70.5 Å². The summed E-state index contributed by atoms with van der Waals surface area (Å²) in [7, 11) is 0. The Hall–Kier alpha value is -4.23. The van der Waals surface area contributed by atoms with Crippen LogP contribution in [0.15, 0.2) is 49.1 Å². The number of amides is 2. The Kier molecular flexibility index (Phi) is 12.2. The molecule has 2 amide bonds. The highest BCUT2D eigenvalue weighted by Crippen LogP contribution is 2.28. The standard InChI is InChI=1S/C33H42F2N8O3/c1-2-45-15-16-46-14-7-3-6-13-43(22-26-9-4-5-12-36-26)33(44)41-25-11-8-10-24(18-25)40-32-29(35)21-39-31(42-32)28-20-38-30-27(28)17-23(34)19-37-30/h4-5,9,12,17,19-21,24-25H,2-3,6-8,10-11,13-16,18,22H2,1H3,(H,37,38)(H,41,44)(H,39,40,42)/t24-,25+/m0/s1. The van der Waals surface area contributed by atoms with Crippen LogP contribution in [0.25, 0.3) is 22.4 Å². The number of hydrogen-bond acceptors (Lipinski definition) is 8. The van der Waals surface area contributed by atoms with Crippen LogP contribution in [0.2, 0.25) is 0 Å². The van der Waals surface area contributed by atoms with E-state index in [-0.39, 0.29) is 29.8 Å². The lowest BCUT2D eigenvalue weighted by Gasteiger charge is -2.32. The first kappa shape index (κ1) is 33.1. The predicted molar refractivity (Wildman–Crippen MR) is 171 cm³/mol. The second-order valence-electron chi connectivity index (χ2n) is 11.4. The van der Waals surface area contributed by atoms with Gasteiger partial charge in [-0.25, -0.2) is 28.5 Å². The highest BCUT2D eigenvalue weighted by molar-refractivity contribution is 5.91. The van der Waals surface area contributed by atoms with Crippen molar-refractivity contribution in [3.8, 4) is 11.4 Å². The Morgan fingerprint density at radius 3 is 2.76 bits per heavy atom. The SMILES string of the molecule is CCOCCOCCCCCN(Cc1ccccn1)C(=O)N[C@@H]1CCC[C@H](Nc2nc(-c3c[nH]c4ncc(F)cc34)ncc2F)C1. The molecule has 0 spiro atoms. The number of nitrogens with zero attached hydrogens (tertiary/aromatic N) is 5. The van der Waals surface area contributed by atoms with Crippen LogP contribution < -0.4 is 10.6 Å². The maximum absolute atomic E-state index is 14.9. The van der Waals surface area contributed by atoms with E-state index in [9.17, 15) is 13.6 Å². The van der Waals surface area contributed by atoms with E-state index in [1.54, 1.807) is 12.4 Å². The average Bonchev–Trinajstić information content (AvgIpc) is 3.48. The van der Waals surface area contributed by atoms with Gasteiger partial charge in [0.15, 0.2) is 17.5 Å². The number of H-pyrrole nitrogens is 1. The molecule has 0 bridgehead atoms. The second kappa shape index (κ2) is 16.9. The van der Waals surface area contributed by atoms with Crippen LogP contribution in [0.4, 0.5) is 19.4 Å². The zero-order valence-corrected chi connectivity index (χ0v) is 26.2. The van der Waals surface area contributed by atoms with E-state index < -0.39 is 11.6 Å². The van der Waals surface area contributed by atoms with Gasteiger partial charge in [0.05, 0.1) is 37.8 Å². The third-order valence-electron chi connectivity index (χ3n) is 7.98. The minimum atomic E-state index is -0.583. The summed E-state index contributed by atoms with van der Waals surface area (Å²) >= 11 is 0. The Balaban J connectivity index is 1.16. The van der Waals surface area contributed by atoms with E-state index in [4.69, 9.17) is 9.47 Å². The van der Waals surface area contributed by atoms with E-state index in [1.165, 1.54) is 6.07 Å². The van der Waals surface area contributed by atoms with Crippen molar-refractivity contribution in [3.63, 3.8) is 0 Å². The number of carbonyl (C=O) groups excluding carboxylic acids is 1. The van der Waals surface area contributed by atoms with Gasteiger partial charge in [-0.2, -0.15) is 0 Å². The lowest BCUT2D eigenvalue weighted by atomic mass is 9.91. The predicted octanol–water partition coefficient (Wildman–Crippen LogP) is 5.85. The van der Waals surface area contributed by atoms with Crippen LogP contribution in [0.1, 0.15) is 57.6 Å². The van der Waals surface area contributed by atoms with Crippen molar-refractivity contribution < 1.29 is 23.0 Å². The number of urea groups is 1. The molecule has 1 aliphatic rings. The first-order valence-corrected chi connectivity index (χ1v) is 16.0. The fourth-order valence-electron chi connectivity index (χ4n) is 5.66. The minimum Gasteiger partial charge on any atom is -0.379 e. The Morgan fingerprint density at radius 2 is 1.91 bits per heavy atom. The molecule has 11 nitrogen and oxygen atoms in total. The molecule has 1 fully saturated rings. The quantitative estimate of drug-likeness (QED) is 0.131. The highest BCUT2D eigenvalue weighted by atomic mass is 19.1. The van der Waals surface area contributed by atoms with Gasteiger partial charge in [0, 0.05) is 55.2 Å². The Morgan fingerprint density at radius 1 is 1.04 bits per heavy atom. The number of hydrogen-bond donors (Lipinski definition) is 3. The van der Waals surface area contributed by atoms with Gasteiger partial charge in [-0.1, -0.05) is 6.07 Å². The first-order valence-electron chi connectivity index (χ1n) is 16.0. The fraction of sp³-hybridized carbons (Fsp3) is 0.485. The Labute approximate surface area is 267 Å². The van der Waals surface area contributed by atoms with Gasteiger partial charge in [0.2, 0.25) is 0 Å². The van der Waals surface area contributed by atoms with Gasteiger partial charge < -0.3 is 30.0 Å². The van der Waals surface area contributed by atoms with E-state index in [0.717, 1.165) is 56.6 Å². The van der Waals surface area contributed by atoms with Crippen molar-refractivity contribution >= 4 is 22.9 Å². The number of ether oxygens (including phenoxy) is 2. The molecule has 0 saturated heterocycles. The van der Waals surface area contributed by atoms with Crippen molar-refractivity contribution in [1.82, 2.24) is 35.1 Å². The zero-order valence-electron chi connectivity index (χ0n) is 26.2. The van der Waals surface area contributed by atoms with E-state index in [2.05, 4.69) is 35.6 Å². The summed E-state index contributed by atoms with van der Waals surface area (Å²) in [5.74, 6) is -0.744. The van der Waals surface area contributed by atoms with Crippen LogP contribution in [0.5, 0.6) is 0 Å². The minimum absolute atomic E-state index is 0.0688. The number of fused-ring (bicyclic) bond motifs is 1.